The van der Waals surface area contributed by atoms with Crippen molar-refractivity contribution >= 4 is 35.7 Å². The zero-order valence-electron chi connectivity index (χ0n) is 22.1. The largest absolute Gasteiger partial charge is 0.550 e. The Hall–Kier alpha value is -4.51. The topological polar surface area (TPSA) is 155 Å². The number of carboxylic acid groups (broad SMARTS) is 1. The monoisotopic (exact) mass is 553 g/mol. The van der Waals surface area contributed by atoms with Gasteiger partial charge in [-0.25, -0.2) is 0 Å². The third-order valence-corrected chi connectivity index (χ3v) is 5.86. The van der Waals surface area contributed by atoms with E-state index in [4.69, 9.17) is 23.7 Å². The van der Waals surface area contributed by atoms with Gasteiger partial charge in [0.15, 0.2) is 11.9 Å². The predicted octanol–water partition coefficient (Wildman–Crippen LogP) is 1.87. The summed E-state index contributed by atoms with van der Waals surface area (Å²) in [4.78, 5) is 59.4. The van der Waals surface area contributed by atoms with Crippen molar-refractivity contribution in [2.75, 3.05) is 6.61 Å². The van der Waals surface area contributed by atoms with Gasteiger partial charge in [0.1, 0.15) is 24.6 Å². The van der Waals surface area contributed by atoms with E-state index >= 15 is 0 Å². The maximum atomic E-state index is 12.6. The van der Waals surface area contributed by atoms with Crippen LogP contribution in [-0.4, -0.2) is 60.9 Å². The molecule has 1 fully saturated rings. The van der Waals surface area contributed by atoms with Crippen molar-refractivity contribution in [3.8, 4) is 5.75 Å². The lowest BCUT2D eigenvalue weighted by atomic mass is 9.86. The van der Waals surface area contributed by atoms with E-state index in [1.54, 1.807) is 6.08 Å². The maximum absolute atomic E-state index is 12.6. The minimum atomic E-state index is -1.50. The Balaban J connectivity index is 1.86. The van der Waals surface area contributed by atoms with Crippen molar-refractivity contribution in [3.63, 3.8) is 0 Å². The Morgan fingerprint density at radius 3 is 2.05 bits per heavy atom. The number of ketones is 1. The highest BCUT2D eigenvalue weighted by molar-refractivity contribution is 6.06. The van der Waals surface area contributed by atoms with Gasteiger partial charge in [0.05, 0.1) is 0 Å². The summed E-state index contributed by atoms with van der Waals surface area (Å²) >= 11 is 0. The third-order valence-electron chi connectivity index (χ3n) is 5.86. The molecule has 5 unspecified atom stereocenters. The quantitative estimate of drug-likeness (QED) is 0.173. The highest BCUT2D eigenvalue weighted by Gasteiger charge is 2.51. The summed E-state index contributed by atoms with van der Waals surface area (Å²) in [5.41, 5.74) is 1.24. The van der Waals surface area contributed by atoms with Crippen molar-refractivity contribution in [1.29, 1.82) is 0 Å². The first-order chi connectivity index (χ1) is 19.0. The highest BCUT2D eigenvalue weighted by atomic mass is 16.7. The molecule has 0 bridgehead atoms. The lowest BCUT2D eigenvalue weighted by molar-refractivity contribution is -0.315. The molecule has 3 rings (SSSR count). The third kappa shape index (κ3) is 8.77. The van der Waals surface area contributed by atoms with Crippen LogP contribution in [0.4, 0.5) is 0 Å². The highest BCUT2D eigenvalue weighted by Crippen LogP contribution is 2.35. The van der Waals surface area contributed by atoms with Gasteiger partial charge >= 0.3 is 17.9 Å². The summed E-state index contributed by atoms with van der Waals surface area (Å²) in [5.74, 6) is -4.89. The van der Waals surface area contributed by atoms with Crippen molar-refractivity contribution in [2.24, 2.45) is 5.92 Å². The molecular formula is C29H29O11-. The van der Waals surface area contributed by atoms with Crippen LogP contribution >= 0.6 is 0 Å². The molecule has 11 heteroatoms. The van der Waals surface area contributed by atoms with Gasteiger partial charge in [0, 0.05) is 38.2 Å². The van der Waals surface area contributed by atoms with Crippen molar-refractivity contribution in [2.45, 2.75) is 51.8 Å². The molecule has 0 amide bonds. The molecule has 1 saturated heterocycles. The molecule has 2 aromatic rings. The predicted molar refractivity (Wildman–Crippen MR) is 136 cm³/mol. The van der Waals surface area contributed by atoms with E-state index < -0.39 is 67.4 Å². The fourth-order valence-corrected chi connectivity index (χ4v) is 4.20. The van der Waals surface area contributed by atoms with Crippen LogP contribution in [0.1, 0.15) is 43.1 Å². The van der Waals surface area contributed by atoms with Crippen LogP contribution in [0.2, 0.25) is 0 Å². The molecular weight excluding hydrogens is 524 g/mol. The first kappa shape index (κ1) is 30.0. The molecule has 0 spiro atoms. The van der Waals surface area contributed by atoms with Gasteiger partial charge in [-0.3, -0.25) is 19.2 Å². The maximum Gasteiger partial charge on any atom is 0.303 e. The zero-order chi connectivity index (χ0) is 29.2. The number of aliphatic carboxylic acids is 1. The van der Waals surface area contributed by atoms with Crippen LogP contribution in [0.5, 0.6) is 5.75 Å². The molecule has 2 aromatic carbocycles. The molecule has 212 valence electrons. The number of benzene rings is 2. The number of ether oxygens (including phenoxy) is 5. The average molecular weight is 554 g/mol. The van der Waals surface area contributed by atoms with Gasteiger partial charge in [0.25, 0.3) is 0 Å². The Labute approximate surface area is 230 Å². The molecule has 1 aliphatic rings. The van der Waals surface area contributed by atoms with Gasteiger partial charge in [0.2, 0.25) is 6.29 Å². The van der Waals surface area contributed by atoms with Crippen LogP contribution in [-0.2, 0) is 38.1 Å². The smallest absolute Gasteiger partial charge is 0.303 e. The molecule has 0 aliphatic carbocycles. The van der Waals surface area contributed by atoms with Crippen molar-refractivity contribution in [3.05, 3.63) is 71.8 Å². The number of allylic oxidation sites excluding steroid dienone is 1. The summed E-state index contributed by atoms with van der Waals surface area (Å²) in [6, 6.07) is 15.3. The molecule has 40 heavy (non-hydrogen) atoms. The Kier molecular flexibility index (Phi) is 10.5. The number of hydrogen-bond acceptors (Lipinski definition) is 11. The van der Waals surface area contributed by atoms with Gasteiger partial charge in [-0.1, -0.05) is 36.4 Å². The normalized spacial score (nSPS) is 22.2. The minimum Gasteiger partial charge on any atom is -0.550 e. The van der Waals surface area contributed by atoms with Crippen LogP contribution in [0, 0.1) is 5.92 Å². The Morgan fingerprint density at radius 2 is 1.48 bits per heavy atom. The summed E-state index contributed by atoms with van der Waals surface area (Å²) in [6.45, 7) is 2.99. The molecule has 1 aliphatic heterocycles. The van der Waals surface area contributed by atoms with E-state index in [1.807, 2.05) is 30.3 Å². The summed E-state index contributed by atoms with van der Waals surface area (Å²) < 4.78 is 27.5. The number of carboxylic acids is 1. The Bertz CT molecular complexity index is 1240. The second-order valence-corrected chi connectivity index (χ2v) is 8.98. The lowest BCUT2D eigenvalue weighted by Crippen LogP contribution is -2.60. The number of esters is 3. The number of carbonyl (C=O) groups is 5. The van der Waals surface area contributed by atoms with Crippen LogP contribution < -0.4 is 9.84 Å². The first-order valence-corrected chi connectivity index (χ1v) is 12.4. The molecule has 0 radical (unpaired) electrons. The van der Waals surface area contributed by atoms with E-state index in [0.29, 0.717) is 5.56 Å². The Morgan fingerprint density at radius 1 is 0.850 bits per heavy atom. The average Bonchev–Trinajstić information content (AvgIpc) is 2.89. The fraction of sp³-hybridized carbons (Fsp3) is 0.345. The lowest BCUT2D eigenvalue weighted by Gasteiger charge is -2.45. The molecule has 0 N–H and O–H groups in total. The SMILES string of the molecule is CC(=O)OCC1OC(Oc2ccc(C(=O)C=Cc3ccccc3)cc2)C(OC(C)=O)C(CC(=O)[O-])C1OC(C)=O. The molecule has 5 atom stereocenters. The van der Waals surface area contributed by atoms with Gasteiger partial charge in [-0.15, -0.1) is 0 Å². The number of carbonyl (C=O) groups excluding carboxylic acids is 5. The molecule has 0 aromatic heterocycles. The summed E-state index contributed by atoms with van der Waals surface area (Å²) in [6.07, 6.45) is -2.72. The van der Waals surface area contributed by atoms with Gasteiger partial charge < -0.3 is 33.6 Å². The summed E-state index contributed by atoms with van der Waals surface area (Å²) in [7, 11) is 0. The standard InChI is InChI=1S/C29H30O11/c1-17(30)36-16-25-27(37-18(2)31)23(15-26(34)35)28(38-19(3)32)29(40-25)39-22-12-10-21(11-13-22)24(33)14-9-20-7-5-4-6-8-20/h4-14,23,25,27-29H,15-16H2,1-3H3,(H,34,35)/p-1. The number of hydrogen-bond donors (Lipinski definition) is 0. The second kappa shape index (κ2) is 14.0. The molecule has 11 nitrogen and oxygen atoms in total. The van der Waals surface area contributed by atoms with Crippen molar-refractivity contribution in [1.82, 2.24) is 0 Å². The van der Waals surface area contributed by atoms with Crippen LogP contribution in [0.25, 0.3) is 6.08 Å². The van der Waals surface area contributed by atoms with E-state index in [2.05, 4.69) is 0 Å². The van der Waals surface area contributed by atoms with E-state index in [1.165, 1.54) is 30.3 Å². The number of rotatable bonds is 11. The van der Waals surface area contributed by atoms with Crippen LogP contribution in [0.3, 0.4) is 0 Å². The van der Waals surface area contributed by atoms with Gasteiger partial charge in [-0.2, -0.15) is 0 Å². The van der Waals surface area contributed by atoms with E-state index in [0.717, 1.165) is 26.3 Å². The zero-order valence-corrected chi connectivity index (χ0v) is 22.1. The van der Waals surface area contributed by atoms with Crippen LogP contribution in [0.15, 0.2) is 60.7 Å². The summed E-state index contributed by atoms with van der Waals surface area (Å²) in [5, 5.41) is 11.6. The second-order valence-electron chi connectivity index (χ2n) is 8.98. The van der Waals surface area contributed by atoms with Crippen molar-refractivity contribution < 1.29 is 52.8 Å². The van der Waals surface area contributed by atoms with Gasteiger partial charge in [-0.05, 0) is 42.3 Å². The van der Waals surface area contributed by atoms with E-state index in [9.17, 15) is 29.1 Å². The van der Waals surface area contributed by atoms with E-state index in [-0.39, 0.29) is 11.5 Å². The molecule has 1 heterocycles. The fourth-order valence-electron chi connectivity index (χ4n) is 4.20. The minimum absolute atomic E-state index is 0.204. The first-order valence-electron chi connectivity index (χ1n) is 12.4. The molecule has 0 saturated carbocycles.